The number of likely N-dealkylation sites (tertiary alicyclic amines) is 1. The second-order valence-corrected chi connectivity index (χ2v) is 6.37. The van der Waals surface area contributed by atoms with Crippen LogP contribution in [0.2, 0.25) is 0 Å². The second kappa shape index (κ2) is 6.26. The van der Waals surface area contributed by atoms with Crippen LogP contribution in [-0.2, 0) is 0 Å². The molecule has 1 aromatic carbocycles. The number of para-hydroxylation sites is 1. The average molecular weight is 310 g/mol. The van der Waals surface area contributed by atoms with E-state index in [-0.39, 0.29) is 5.91 Å². The van der Waals surface area contributed by atoms with Crippen molar-refractivity contribution in [1.82, 2.24) is 20.1 Å². The Balaban J connectivity index is 1.48. The Bertz CT molecular complexity index is 711. The highest BCUT2D eigenvalue weighted by Gasteiger charge is 2.31. The van der Waals surface area contributed by atoms with Crippen molar-refractivity contribution in [2.24, 2.45) is 0 Å². The summed E-state index contributed by atoms with van der Waals surface area (Å²) in [5, 5.41) is 4.46. The number of piperazine rings is 1. The molecule has 2 aliphatic heterocycles. The lowest BCUT2D eigenvalue weighted by Crippen LogP contribution is -2.49. The number of aromatic nitrogens is 1. The minimum Gasteiger partial charge on any atom is -0.336 e. The van der Waals surface area contributed by atoms with E-state index < -0.39 is 0 Å². The SMILES string of the molecule is O=C(c1ccc2ccccc2n1)N1CCC(N2CCNCC2)C1. The summed E-state index contributed by atoms with van der Waals surface area (Å²) >= 11 is 0. The second-order valence-electron chi connectivity index (χ2n) is 6.37. The van der Waals surface area contributed by atoms with Crippen molar-refractivity contribution < 1.29 is 4.79 Å². The van der Waals surface area contributed by atoms with Gasteiger partial charge in [0.15, 0.2) is 0 Å². The normalized spacial score (nSPS) is 22.6. The van der Waals surface area contributed by atoms with E-state index in [1.54, 1.807) is 0 Å². The van der Waals surface area contributed by atoms with Crippen LogP contribution in [0.15, 0.2) is 36.4 Å². The molecular weight excluding hydrogens is 288 g/mol. The Morgan fingerprint density at radius 3 is 2.78 bits per heavy atom. The maximum atomic E-state index is 12.8. The summed E-state index contributed by atoms with van der Waals surface area (Å²) in [7, 11) is 0. The molecule has 4 rings (SSSR count). The molecule has 0 spiro atoms. The minimum absolute atomic E-state index is 0.0633. The Morgan fingerprint density at radius 1 is 1.09 bits per heavy atom. The summed E-state index contributed by atoms with van der Waals surface area (Å²) in [4.78, 5) is 21.8. The number of pyridine rings is 1. The fourth-order valence-electron chi connectivity index (χ4n) is 3.62. The van der Waals surface area contributed by atoms with Gasteiger partial charge in [-0.1, -0.05) is 24.3 Å². The quantitative estimate of drug-likeness (QED) is 0.910. The molecule has 0 aliphatic carbocycles. The summed E-state index contributed by atoms with van der Waals surface area (Å²) in [6.07, 6.45) is 1.07. The van der Waals surface area contributed by atoms with E-state index >= 15 is 0 Å². The number of fused-ring (bicyclic) bond motifs is 1. The van der Waals surface area contributed by atoms with Crippen LogP contribution in [0, 0.1) is 0 Å². The molecule has 2 fully saturated rings. The van der Waals surface area contributed by atoms with Gasteiger partial charge in [0.2, 0.25) is 0 Å². The van der Waals surface area contributed by atoms with Crippen LogP contribution in [0.1, 0.15) is 16.9 Å². The third-order valence-electron chi connectivity index (χ3n) is 4.94. The molecule has 0 radical (unpaired) electrons. The Kier molecular flexibility index (Phi) is 3.97. The molecule has 5 nitrogen and oxygen atoms in total. The molecule has 1 N–H and O–H groups in total. The molecule has 1 amide bonds. The van der Waals surface area contributed by atoms with Crippen LogP contribution in [0.3, 0.4) is 0 Å². The van der Waals surface area contributed by atoms with Crippen molar-refractivity contribution in [2.75, 3.05) is 39.3 Å². The molecular formula is C18H22N4O. The molecule has 1 atom stereocenters. The predicted octanol–water partition coefficient (Wildman–Crippen LogP) is 1.35. The number of carbonyl (C=O) groups is 1. The number of hydrogen-bond acceptors (Lipinski definition) is 4. The van der Waals surface area contributed by atoms with Crippen LogP contribution < -0.4 is 5.32 Å². The van der Waals surface area contributed by atoms with Crippen LogP contribution in [0.25, 0.3) is 10.9 Å². The van der Waals surface area contributed by atoms with E-state index in [1.807, 2.05) is 41.3 Å². The lowest BCUT2D eigenvalue weighted by atomic mass is 10.2. The molecule has 2 aliphatic rings. The van der Waals surface area contributed by atoms with E-state index in [1.165, 1.54) is 0 Å². The van der Waals surface area contributed by atoms with Crippen LogP contribution >= 0.6 is 0 Å². The number of nitrogens with zero attached hydrogens (tertiary/aromatic N) is 3. The highest BCUT2D eigenvalue weighted by atomic mass is 16.2. The van der Waals surface area contributed by atoms with Gasteiger partial charge in [-0.15, -0.1) is 0 Å². The van der Waals surface area contributed by atoms with Gasteiger partial charge in [-0.3, -0.25) is 9.69 Å². The number of amides is 1. The van der Waals surface area contributed by atoms with E-state index in [9.17, 15) is 4.79 Å². The Hall–Kier alpha value is -1.98. The van der Waals surface area contributed by atoms with Gasteiger partial charge in [0, 0.05) is 50.7 Å². The van der Waals surface area contributed by atoms with Gasteiger partial charge in [-0.25, -0.2) is 4.98 Å². The number of carbonyl (C=O) groups excluding carboxylic acids is 1. The maximum Gasteiger partial charge on any atom is 0.272 e. The molecule has 1 aromatic heterocycles. The lowest BCUT2D eigenvalue weighted by Gasteiger charge is -2.32. The standard InChI is InChI=1S/C18H22N4O/c23-18(17-6-5-14-3-1-2-4-16(14)20-17)22-10-7-15(13-22)21-11-8-19-9-12-21/h1-6,15,19H,7-13H2. The fraction of sp³-hybridized carbons (Fsp3) is 0.444. The average Bonchev–Trinajstić information content (AvgIpc) is 3.11. The van der Waals surface area contributed by atoms with E-state index in [2.05, 4.69) is 15.2 Å². The topological polar surface area (TPSA) is 48.5 Å². The number of benzene rings is 1. The summed E-state index contributed by atoms with van der Waals surface area (Å²) in [6, 6.07) is 12.3. The largest absolute Gasteiger partial charge is 0.336 e. The van der Waals surface area contributed by atoms with E-state index in [0.717, 1.165) is 56.6 Å². The van der Waals surface area contributed by atoms with Crippen LogP contribution in [0.5, 0.6) is 0 Å². The summed E-state index contributed by atoms with van der Waals surface area (Å²) in [5.41, 5.74) is 1.45. The summed E-state index contributed by atoms with van der Waals surface area (Å²) in [6.45, 7) is 5.93. The first kappa shape index (κ1) is 14.6. The third-order valence-corrected chi connectivity index (χ3v) is 4.94. The highest BCUT2D eigenvalue weighted by Crippen LogP contribution is 2.19. The summed E-state index contributed by atoms with van der Waals surface area (Å²) < 4.78 is 0. The highest BCUT2D eigenvalue weighted by molar-refractivity contribution is 5.95. The van der Waals surface area contributed by atoms with Crippen molar-refractivity contribution in [2.45, 2.75) is 12.5 Å². The molecule has 23 heavy (non-hydrogen) atoms. The molecule has 3 heterocycles. The summed E-state index contributed by atoms with van der Waals surface area (Å²) in [5.74, 6) is 0.0633. The molecule has 0 saturated carbocycles. The van der Waals surface area contributed by atoms with Gasteiger partial charge < -0.3 is 10.2 Å². The van der Waals surface area contributed by atoms with Crippen molar-refractivity contribution in [1.29, 1.82) is 0 Å². The minimum atomic E-state index is 0.0633. The number of hydrogen-bond donors (Lipinski definition) is 1. The number of rotatable bonds is 2. The molecule has 0 bridgehead atoms. The maximum absolute atomic E-state index is 12.8. The van der Waals surface area contributed by atoms with Gasteiger partial charge in [0.1, 0.15) is 5.69 Å². The van der Waals surface area contributed by atoms with Gasteiger partial charge >= 0.3 is 0 Å². The van der Waals surface area contributed by atoms with Gasteiger partial charge in [0.25, 0.3) is 5.91 Å². The van der Waals surface area contributed by atoms with Gasteiger partial charge in [0.05, 0.1) is 5.52 Å². The first-order valence-electron chi connectivity index (χ1n) is 8.41. The van der Waals surface area contributed by atoms with E-state index in [0.29, 0.717) is 11.7 Å². The molecule has 1 unspecified atom stereocenters. The molecule has 120 valence electrons. The van der Waals surface area contributed by atoms with Crippen LogP contribution in [-0.4, -0.2) is 66.0 Å². The molecule has 2 aromatic rings. The Morgan fingerprint density at radius 2 is 1.91 bits per heavy atom. The lowest BCUT2D eigenvalue weighted by molar-refractivity contribution is 0.0768. The van der Waals surface area contributed by atoms with Crippen molar-refractivity contribution in [3.8, 4) is 0 Å². The zero-order valence-electron chi connectivity index (χ0n) is 13.2. The van der Waals surface area contributed by atoms with E-state index in [4.69, 9.17) is 0 Å². The smallest absolute Gasteiger partial charge is 0.272 e. The van der Waals surface area contributed by atoms with Gasteiger partial charge in [-0.2, -0.15) is 0 Å². The Labute approximate surface area is 136 Å². The monoisotopic (exact) mass is 310 g/mol. The van der Waals surface area contributed by atoms with Crippen molar-refractivity contribution in [3.05, 3.63) is 42.1 Å². The predicted molar refractivity (Wildman–Crippen MR) is 90.5 cm³/mol. The first-order chi connectivity index (χ1) is 11.3. The van der Waals surface area contributed by atoms with Crippen molar-refractivity contribution in [3.63, 3.8) is 0 Å². The van der Waals surface area contributed by atoms with Crippen molar-refractivity contribution >= 4 is 16.8 Å². The zero-order chi connectivity index (χ0) is 15.6. The zero-order valence-corrected chi connectivity index (χ0v) is 13.2. The first-order valence-corrected chi connectivity index (χ1v) is 8.41. The third kappa shape index (κ3) is 2.94. The molecule has 5 heteroatoms. The van der Waals surface area contributed by atoms with Crippen LogP contribution in [0.4, 0.5) is 0 Å². The number of nitrogens with one attached hydrogen (secondary N) is 1. The van der Waals surface area contributed by atoms with Gasteiger partial charge in [-0.05, 0) is 18.6 Å². The fourth-order valence-corrected chi connectivity index (χ4v) is 3.62. The molecule has 2 saturated heterocycles.